The number of aromatic nitrogens is 2. The third kappa shape index (κ3) is 3.32. The van der Waals surface area contributed by atoms with Crippen molar-refractivity contribution in [2.24, 2.45) is 0 Å². The molecule has 18 heavy (non-hydrogen) atoms. The maximum atomic E-state index is 5.46. The average molecular weight is 250 g/mol. The summed E-state index contributed by atoms with van der Waals surface area (Å²) in [6, 6.07) is 0.545. The van der Waals surface area contributed by atoms with Gasteiger partial charge in [0.1, 0.15) is 12.1 Å². The second kappa shape index (κ2) is 6.54. The number of hydrogen-bond donors (Lipinski definition) is 2. The van der Waals surface area contributed by atoms with Crippen LogP contribution in [0.5, 0.6) is 5.88 Å². The van der Waals surface area contributed by atoms with Crippen LogP contribution >= 0.6 is 0 Å². The lowest BCUT2D eigenvalue weighted by Gasteiger charge is -2.24. The van der Waals surface area contributed by atoms with Gasteiger partial charge >= 0.3 is 0 Å². The number of ether oxygens (including phenoxy) is 1. The predicted octanol–water partition coefficient (Wildman–Crippen LogP) is 1.74. The van der Waals surface area contributed by atoms with Crippen LogP contribution in [0.3, 0.4) is 0 Å². The van der Waals surface area contributed by atoms with Crippen molar-refractivity contribution >= 4 is 5.82 Å². The summed E-state index contributed by atoms with van der Waals surface area (Å²) in [5, 5.41) is 6.90. The van der Waals surface area contributed by atoms with Gasteiger partial charge in [0.15, 0.2) is 0 Å². The van der Waals surface area contributed by atoms with Gasteiger partial charge in [0, 0.05) is 12.6 Å². The summed E-state index contributed by atoms with van der Waals surface area (Å²) in [4.78, 5) is 8.41. The molecule has 0 saturated carbocycles. The molecule has 1 saturated heterocycles. The maximum absolute atomic E-state index is 5.46. The molecule has 1 aromatic rings. The number of nitrogens with zero attached hydrogens (tertiary/aromatic N) is 2. The normalized spacial score (nSPS) is 19.6. The molecule has 2 N–H and O–H groups in total. The fourth-order valence-electron chi connectivity index (χ4n) is 2.21. The van der Waals surface area contributed by atoms with Crippen molar-refractivity contribution in [3.05, 3.63) is 11.9 Å². The minimum Gasteiger partial charge on any atom is -0.478 e. The lowest BCUT2D eigenvalue weighted by atomic mass is 10.1. The highest BCUT2D eigenvalue weighted by molar-refractivity contribution is 5.47. The number of rotatable bonds is 5. The van der Waals surface area contributed by atoms with Gasteiger partial charge in [0.25, 0.3) is 0 Å². The minimum atomic E-state index is 0.545. The molecule has 100 valence electrons. The van der Waals surface area contributed by atoms with Crippen LogP contribution in [0.1, 0.15) is 31.7 Å². The van der Waals surface area contributed by atoms with E-state index in [2.05, 4.69) is 20.6 Å². The van der Waals surface area contributed by atoms with Crippen molar-refractivity contribution in [3.8, 4) is 5.88 Å². The molecule has 5 heteroatoms. The first kappa shape index (κ1) is 13.1. The second-order valence-corrected chi connectivity index (χ2v) is 4.61. The maximum Gasteiger partial charge on any atom is 0.221 e. The number of anilines is 1. The van der Waals surface area contributed by atoms with E-state index in [0.717, 1.165) is 24.5 Å². The first-order chi connectivity index (χ1) is 8.81. The lowest BCUT2D eigenvalue weighted by Crippen LogP contribution is -2.39. The summed E-state index contributed by atoms with van der Waals surface area (Å²) in [6.07, 6.45) is 5.38. The van der Waals surface area contributed by atoms with Crippen LogP contribution in [0.25, 0.3) is 0 Å². The Morgan fingerprint density at radius 2 is 2.33 bits per heavy atom. The fraction of sp³-hybridized carbons (Fsp3) is 0.692. The van der Waals surface area contributed by atoms with Gasteiger partial charge in [-0.1, -0.05) is 6.42 Å². The SMILES string of the molecule is CCOc1ncnc(NCC2CCCCN2)c1C. The first-order valence-electron chi connectivity index (χ1n) is 6.73. The number of hydrogen-bond acceptors (Lipinski definition) is 5. The summed E-state index contributed by atoms with van der Waals surface area (Å²) in [6.45, 7) is 6.60. The van der Waals surface area contributed by atoms with Crippen LogP contribution in [-0.4, -0.2) is 35.7 Å². The second-order valence-electron chi connectivity index (χ2n) is 4.61. The van der Waals surface area contributed by atoms with E-state index in [1.807, 2.05) is 13.8 Å². The zero-order valence-corrected chi connectivity index (χ0v) is 11.2. The Morgan fingerprint density at radius 3 is 3.06 bits per heavy atom. The van der Waals surface area contributed by atoms with Crippen LogP contribution in [0, 0.1) is 6.92 Å². The summed E-state index contributed by atoms with van der Waals surface area (Å²) in [5.41, 5.74) is 0.982. The molecule has 1 aromatic heterocycles. The van der Waals surface area contributed by atoms with E-state index >= 15 is 0 Å². The van der Waals surface area contributed by atoms with Crippen molar-refractivity contribution in [1.29, 1.82) is 0 Å². The molecule has 0 spiro atoms. The zero-order valence-electron chi connectivity index (χ0n) is 11.2. The van der Waals surface area contributed by atoms with Gasteiger partial charge in [-0.15, -0.1) is 0 Å². The van der Waals surface area contributed by atoms with Crippen molar-refractivity contribution in [2.45, 2.75) is 39.2 Å². The van der Waals surface area contributed by atoms with Gasteiger partial charge in [0.2, 0.25) is 5.88 Å². The van der Waals surface area contributed by atoms with Gasteiger partial charge in [-0.05, 0) is 33.2 Å². The van der Waals surface area contributed by atoms with E-state index < -0.39 is 0 Å². The molecule has 2 heterocycles. The van der Waals surface area contributed by atoms with Gasteiger partial charge < -0.3 is 15.4 Å². The molecule has 0 aliphatic carbocycles. The molecule has 0 radical (unpaired) electrons. The molecule has 0 amide bonds. The van der Waals surface area contributed by atoms with Crippen LogP contribution in [0.2, 0.25) is 0 Å². The van der Waals surface area contributed by atoms with Crippen LogP contribution in [0.15, 0.2) is 6.33 Å². The van der Waals surface area contributed by atoms with Crippen molar-refractivity contribution in [1.82, 2.24) is 15.3 Å². The third-order valence-corrected chi connectivity index (χ3v) is 3.25. The van der Waals surface area contributed by atoms with Crippen LogP contribution in [-0.2, 0) is 0 Å². The predicted molar refractivity (Wildman–Crippen MR) is 72.1 cm³/mol. The Hall–Kier alpha value is -1.36. The molecule has 1 unspecified atom stereocenters. The van der Waals surface area contributed by atoms with Gasteiger partial charge in [-0.2, -0.15) is 0 Å². The average Bonchev–Trinajstić information content (AvgIpc) is 2.41. The fourth-order valence-corrected chi connectivity index (χ4v) is 2.21. The van der Waals surface area contributed by atoms with E-state index in [1.165, 1.54) is 19.3 Å². The van der Waals surface area contributed by atoms with E-state index in [1.54, 1.807) is 6.33 Å². The molecule has 1 aliphatic rings. The summed E-state index contributed by atoms with van der Waals surface area (Å²) >= 11 is 0. The summed E-state index contributed by atoms with van der Waals surface area (Å²) < 4.78 is 5.46. The first-order valence-corrected chi connectivity index (χ1v) is 6.73. The van der Waals surface area contributed by atoms with Crippen molar-refractivity contribution < 1.29 is 4.74 Å². The Morgan fingerprint density at radius 1 is 1.44 bits per heavy atom. The van der Waals surface area contributed by atoms with Crippen LogP contribution in [0.4, 0.5) is 5.82 Å². The Labute approximate surface area is 108 Å². The molecule has 0 aromatic carbocycles. The summed E-state index contributed by atoms with van der Waals surface area (Å²) in [7, 11) is 0. The van der Waals surface area contributed by atoms with Gasteiger partial charge in [0.05, 0.1) is 12.2 Å². The molecular weight excluding hydrogens is 228 g/mol. The topological polar surface area (TPSA) is 59.1 Å². The van der Waals surface area contributed by atoms with Gasteiger partial charge in [-0.3, -0.25) is 0 Å². The summed E-state index contributed by atoms with van der Waals surface area (Å²) in [5.74, 6) is 1.55. The highest BCUT2D eigenvalue weighted by atomic mass is 16.5. The van der Waals surface area contributed by atoms with E-state index in [9.17, 15) is 0 Å². The Kier molecular flexibility index (Phi) is 4.75. The quantitative estimate of drug-likeness (QED) is 0.833. The molecule has 1 atom stereocenters. The monoisotopic (exact) mass is 250 g/mol. The smallest absolute Gasteiger partial charge is 0.221 e. The van der Waals surface area contributed by atoms with Crippen LogP contribution < -0.4 is 15.4 Å². The van der Waals surface area contributed by atoms with Crippen molar-refractivity contribution in [2.75, 3.05) is 25.0 Å². The Bertz CT molecular complexity index is 377. The third-order valence-electron chi connectivity index (χ3n) is 3.25. The van der Waals surface area contributed by atoms with E-state index in [-0.39, 0.29) is 0 Å². The van der Waals surface area contributed by atoms with Gasteiger partial charge in [-0.25, -0.2) is 9.97 Å². The highest BCUT2D eigenvalue weighted by Gasteiger charge is 2.13. The molecule has 5 nitrogen and oxygen atoms in total. The molecule has 2 rings (SSSR count). The molecular formula is C13H22N4O. The standard InChI is InChI=1S/C13H22N4O/c1-3-18-13-10(2)12(16-9-17-13)15-8-11-6-4-5-7-14-11/h9,11,14H,3-8H2,1-2H3,(H,15,16,17). The van der Waals surface area contributed by atoms with E-state index in [4.69, 9.17) is 4.74 Å². The highest BCUT2D eigenvalue weighted by Crippen LogP contribution is 2.20. The van der Waals surface area contributed by atoms with Crippen molar-refractivity contribution in [3.63, 3.8) is 0 Å². The molecule has 1 aliphatic heterocycles. The lowest BCUT2D eigenvalue weighted by molar-refractivity contribution is 0.323. The molecule has 1 fully saturated rings. The molecule has 0 bridgehead atoms. The largest absolute Gasteiger partial charge is 0.478 e. The number of piperidine rings is 1. The number of nitrogens with one attached hydrogen (secondary N) is 2. The minimum absolute atomic E-state index is 0.545. The zero-order chi connectivity index (χ0) is 12.8. The van der Waals surface area contributed by atoms with E-state index in [0.29, 0.717) is 18.5 Å². The Balaban J connectivity index is 1.93.